The van der Waals surface area contributed by atoms with Gasteiger partial charge in [-0.1, -0.05) is 23.7 Å². The highest BCUT2D eigenvalue weighted by Crippen LogP contribution is 2.40. The molecule has 2 heterocycles. The van der Waals surface area contributed by atoms with E-state index in [1.54, 1.807) is 36.4 Å². The molecular weight excluding hydrogens is 452 g/mol. The van der Waals surface area contributed by atoms with Crippen LogP contribution >= 0.6 is 22.9 Å². The molecule has 0 atom stereocenters. The topological polar surface area (TPSA) is 98.5 Å². The fourth-order valence-electron chi connectivity index (χ4n) is 3.28. The summed E-state index contributed by atoms with van der Waals surface area (Å²) in [5, 5.41) is 20.5. The number of anilines is 2. The van der Waals surface area contributed by atoms with E-state index in [4.69, 9.17) is 26.2 Å². The molecule has 0 aliphatic heterocycles. The number of carboxylic acid groups (broad SMARTS) is 1. The molecule has 10 heteroatoms. The minimum Gasteiger partial charge on any atom is -0.494 e. The Labute approximate surface area is 193 Å². The Morgan fingerprint density at radius 1 is 1.19 bits per heavy atom. The molecule has 4 aromatic rings. The van der Waals surface area contributed by atoms with E-state index in [1.165, 1.54) is 17.4 Å². The number of carbonyl (C=O) groups is 1. The lowest BCUT2D eigenvalue weighted by molar-refractivity contribution is 0.0698. The summed E-state index contributed by atoms with van der Waals surface area (Å²) in [5.74, 6) is 0.523. The second-order valence-electron chi connectivity index (χ2n) is 6.71. The summed E-state index contributed by atoms with van der Waals surface area (Å²) in [5.41, 5.74) is 2.49. The number of aromatic nitrogens is 3. The molecule has 0 amide bonds. The number of thiazole rings is 1. The van der Waals surface area contributed by atoms with Gasteiger partial charge in [0.2, 0.25) is 5.88 Å². The van der Waals surface area contributed by atoms with Crippen LogP contribution < -0.4 is 14.8 Å². The van der Waals surface area contributed by atoms with Crippen molar-refractivity contribution in [3.05, 3.63) is 64.1 Å². The number of rotatable bonds is 7. The normalized spacial score (nSPS) is 10.8. The van der Waals surface area contributed by atoms with Crippen LogP contribution in [-0.4, -0.2) is 40.1 Å². The minimum atomic E-state index is -1.10. The van der Waals surface area contributed by atoms with Gasteiger partial charge in [-0.3, -0.25) is 0 Å². The predicted molar refractivity (Wildman–Crippen MR) is 124 cm³/mol. The lowest BCUT2D eigenvalue weighted by atomic mass is 10.1. The second-order valence-corrected chi connectivity index (χ2v) is 8.00. The van der Waals surface area contributed by atoms with Gasteiger partial charge in [-0.05, 0) is 37.3 Å². The molecule has 2 aromatic heterocycles. The Kier molecular flexibility index (Phi) is 6.02. The summed E-state index contributed by atoms with van der Waals surface area (Å²) in [6.45, 7) is 1.86. The van der Waals surface area contributed by atoms with Gasteiger partial charge >= 0.3 is 5.97 Å². The van der Waals surface area contributed by atoms with Gasteiger partial charge in [0.25, 0.3) is 0 Å². The molecular formula is C22H19ClN4O4S. The van der Waals surface area contributed by atoms with Gasteiger partial charge in [-0.15, -0.1) is 11.3 Å². The van der Waals surface area contributed by atoms with E-state index in [0.717, 1.165) is 5.56 Å². The first-order valence-corrected chi connectivity index (χ1v) is 10.7. The predicted octanol–water partition coefficient (Wildman–Crippen LogP) is 5.42. The Bertz CT molecular complexity index is 1300. The monoisotopic (exact) mass is 470 g/mol. The van der Waals surface area contributed by atoms with Crippen molar-refractivity contribution >= 4 is 40.4 Å². The number of ether oxygens (including phenoxy) is 2. The van der Waals surface area contributed by atoms with Crippen LogP contribution in [0.5, 0.6) is 11.6 Å². The number of methoxy groups -OCH3 is 2. The van der Waals surface area contributed by atoms with Gasteiger partial charge in [0, 0.05) is 5.02 Å². The maximum atomic E-state index is 11.9. The summed E-state index contributed by atoms with van der Waals surface area (Å²) in [6.07, 6.45) is 0. The smallest absolute Gasteiger partial charge is 0.337 e. The van der Waals surface area contributed by atoms with Crippen molar-refractivity contribution in [2.24, 2.45) is 0 Å². The first-order chi connectivity index (χ1) is 15.4. The molecule has 0 bridgehead atoms. The molecule has 0 saturated carbocycles. The average Bonchev–Trinajstić information content (AvgIpc) is 3.38. The number of nitrogens with zero attached hydrogens (tertiary/aromatic N) is 3. The summed E-state index contributed by atoms with van der Waals surface area (Å²) in [4.78, 5) is 16.4. The Balaban J connectivity index is 1.96. The van der Waals surface area contributed by atoms with Gasteiger partial charge in [-0.2, -0.15) is 5.10 Å². The van der Waals surface area contributed by atoms with Crippen LogP contribution in [0.1, 0.15) is 16.1 Å². The zero-order valence-corrected chi connectivity index (χ0v) is 19.0. The van der Waals surface area contributed by atoms with Crippen LogP contribution in [0, 0.1) is 6.92 Å². The van der Waals surface area contributed by atoms with Crippen molar-refractivity contribution in [3.8, 4) is 27.9 Å². The van der Waals surface area contributed by atoms with Crippen LogP contribution in [-0.2, 0) is 0 Å². The third kappa shape index (κ3) is 4.00. The number of aryl methyl sites for hydroxylation is 1. The molecule has 2 aromatic carbocycles. The third-order valence-corrected chi connectivity index (χ3v) is 5.82. The molecule has 2 N–H and O–H groups in total. The maximum absolute atomic E-state index is 11.9. The lowest BCUT2D eigenvalue weighted by Gasteiger charge is -2.15. The van der Waals surface area contributed by atoms with Crippen LogP contribution in [0.2, 0.25) is 5.02 Å². The van der Waals surface area contributed by atoms with E-state index in [0.29, 0.717) is 44.5 Å². The standard InChI is InChI=1S/C22H19ClN4O4S/c1-12-19(21-25-18(31-3)11-32-21)20(24-15-9-8-13(23)10-14(15)22(28)29)27(26-12)16-6-4-5-7-17(16)30-2/h4-11,24H,1-3H3,(H,28,29). The zero-order chi connectivity index (χ0) is 22.8. The van der Waals surface area contributed by atoms with Crippen molar-refractivity contribution < 1.29 is 19.4 Å². The highest BCUT2D eigenvalue weighted by atomic mass is 35.5. The first kappa shape index (κ1) is 21.7. The molecule has 0 unspecified atom stereocenters. The number of aromatic carboxylic acids is 1. The van der Waals surface area contributed by atoms with Crippen molar-refractivity contribution in [2.75, 3.05) is 19.5 Å². The summed E-state index contributed by atoms with van der Waals surface area (Å²) >= 11 is 7.43. The number of halogens is 1. The number of benzene rings is 2. The molecule has 32 heavy (non-hydrogen) atoms. The summed E-state index contributed by atoms with van der Waals surface area (Å²) in [7, 11) is 3.13. The van der Waals surface area contributed by atoms with E-state index >= 15 is 0 Å². The molecule has 0 spiro atoms. The Hall–Kier alpha value is -3.56. The molecule has 0 saturated heterocycles. The lowest BCUT2D eigenvalue weighted by Crippen LogP contribution is -2.08. The molecule has 0 radical (unpaired) electrons. The highest BCUT2D eigenvalue weighted by molar-refractivity contribution is 7.13. The first-order valence-electron chi connectivity index (χ1n) is 9.45. The maximum Gasteiger partial charge on any atom is 0.337 e. The zero-order valence-electron chi connectivity index (χ0n) is 17.4. The largest absolute Gasteiger partial charge is 0.494 e. The number of carboxylic acids is 1. The molecule has 164 valence electrons. The SMILES string of the molecule is COc1csc(-c2c(C)nn(-c3ccccc3OC)c2Nc2ccc(Cl)cc2C(=O)O)n1. The van der Waals surface area contributed by atoms with Crippen molar-refractivity contribution in [3.63, 3.8) is 0 Å². The van der Waals surface area contributed by atoms with Crippen LogP contribution in [0.25, 0.3) is 16.3 Å². The molecule has 0 fully saturated rings. The Morgan fingerprint density at radius 2 is 1.97 bits per heavy atom. The average molecular weight is 471 g/mol. The fourth-order valence-corrected chi connectivity index (χ4v) is 4.31. The van der Waals surface area contributed by atoms with Crippen molar-refractivity contribution in [2.45, 2.75) is 6.92 Å². The minimum absolute atomic E-state index is 0.0330. The van der Waals surface area contributed by atoms with E-state index in [9.17, 15) is 9.90 Å². The van der Waals surface area contributed by atoms with E-state index < -0.39 is 5.97 Å². The van der Waals surface area contributed by atoms with Gasteiger partial charge in [0.15, 0.2) is 0 Å². The summed E-state index contributed by atoms with van der Waals surface area (Å²) < 4.78 is 12.4. The number of hydrogen-bond donors (Lipinski definition) is 2. The van der Waals surface area contributed by atoms with Crippen LogP contribution in [0.3, 0.4) is 0 Å². The fraction of sp³-hybridized carbons (Fsp3) is 0.136. The van der Waals surface area contributed by atoms with Gasteiger partial charge in [-0.25, -0.2) is 14.5 Å². The van der Waals surface area contributed by atoms with Crippen molar-refractivity contribution in [1.82, 2.24) is 14.8 Å². The second kappa shape index (κ2) is 8.89. The molecule has 4 rings (SSSR count). The van der Waals surface area contributed by atoms with E-state index in [2.05, 4.69) is 10.3 Å². The number of nitrogens with one attached hydrogen (secondary N) is 1. The molecule has 0 aliphatic rings. The third-order valence-electron chi connectivity index (χ3n) is 4.74. The Morgan fingerprint density at radius 3 is 2.66 bits per heavy atom. The highest BCUT2D eigenvalue weighted by Gasteiger charge is 2.24. The van der Waals surface area contributed by atoms with E-state index in [1.807, 2.05) is 31.2 Å². The molecule has 8 nitrogen and oxygen atoms in total. The van der Waals surface area contributed by atoms with E-state index in [-0.39, 0.29) is 5.56 Å². The van der Waals surface area contributed by atoms with Gasteiger partial charge in [0.1, 0.15) is 22.3 Å². The van der Waals surface area contributed by atoms with Crippen molar-refractivity contribution in [1.29, 1.82) is 0 Å². The number of hydrogen-bond acceptors (Lipinski definition) is 7. The summed E-state index contributed by atoms with van der Waals surface area (Å²) in [6, 6.07) is 12.1. The number of para-hydroxylation sites is 2. The quantitative estimate of drug-likeness (QED) is 0.372. The van der Waals surface area contributed by atoms with Crippen LogP contribution in [0.4, 0.5) is 11.5 Å². The van der Waals surface area contributed by atoms with Crippen LogP contribution in [0.15, 0.2) is 47.8 Å². The van der Waals surface area contributed by atoms with Gasteiger partial charge in [0.05, 0.1) is 42.1 Å². The molecule has 0 aliphatic carbocycles. The van der Waals surface area contributed by atoms with Gasteiger partial charge < -0.3 is 19.9 Å².